The highest BCUT2D eigenvalue weighted by Crippen LogP contribution is 2.25. The van der Waals surface area contributed by atoms with Crippen molar-refractivity contribution < 1.29 is 0 Å². The van der Waals surface area contributed by atoms with E-state index in [1.165, 1.54) is 80.5 Å². The van der Waals surface area contributed by atoms with Gasteiger partial charge in [-0.15, -0.1) is 11.3 Å². The van der Waals surface area contributed by atoms with E-state index < -0.39 is 0 Å². The molecule has 1 heterocycles. The van der Waals surface area contributed by atoms with Gasteiger partial charge in [-0.1, -0.05) is 71.1 Å². The third-order valence-electron chi connectivity index (χ3n) is 4.18. The maximum Gasteiger partial charge on any atom is 0.0897 e. The molecular formula is C18H34N2S. The molecule has 0 saturated heterocycles. The van der Waals surface area contributed by atoms with Gasteiger partial charge in [0.2, 0.25) is 0 Å². The molecule has 1 atom stereocenters. The summed E-state index contributed by atoms with van der Waals surface area (Å²) in [4.78, 5) is 5.76. The molecule has 0 bridgehead atoms. The lowest BCUT2D eigenvalue weighted by Crippen LogP contribution is -2.14. The van der Waals surface area contributed by atoms with Crippen LogP contribution in [0.25, 0.3) is 0 Å². The summed E-state index contributed by atoms with van der Waals surface area (Å²) < 4.78 is 0. The summed E-state index contributed by atoms with van der Waals surface area (Å²) in [6.07, 6.45) is 17.4. The van der Waals surface area contributed by atoms with E-state index in [1.54, 1.807) is 0 Å². The second-order valence-corrected chi connectivity index (χ2v) is 7.36. The molecule has 0 aromatic carbocycles. The van der Waals surface area contributed by atoms with Gasteiger partial charge in [-0.05, 0) is 20.4 Å². The first-order valence-corrected chi connectivity index (χ1v) is 9.69. The van der Waals surface area contributed by atoms with Gasteiger partial charge in [0.1, 0.15) is 0 Å². The number of nitrogens with one attached hydrogen (secondary N) is 1. The van der Waals surface area contributed by atoms with Gasteiger partial charge in [0.15, 0.2) is 0 Å². The highest BCUT2D eigenvalue weighted by atomic mass is 32.1. The maximum atomic E-state index is 4.36. The monoisotopic (exact) mass is 310 g/mol. The van der Waals surface area contributed by atoms with Gasteiger partial charge < -0.3 is 5.32 Å². The summed E-state index contributed by atoms with van der Waals surface area (Å²) in [6.45, 7) is 4.37. The number of thiazole rings is 1. The van der Waals surface area contributed by atoms with E-state index in [2.05, 4.69) is 31.2 Å². The van der Waals surface area contributed by atoms with Crippen molar-refractivity contribution >= 4 is 11.3 Å². The van der Waals surface area contributed by atoms with Crippen molar-refractivity contribution in [2.75, 3.05) is 7.05 Å². The predicted molar refractivity (Wildman–Crippen MR) is 95.1 cm³/mol. The van der Waals surface area contributed by atoms with Crippen LogP contribution in [0, 0.1) is 6.92 Å². The summed E-state index contributed by atoms with van der Waals surface area (Å²) in [6, 6.07) is 0.505. The number of rotatable bonds is 13. The van der Waals surface area contributed by atoms with Crippen LogP contribution < -0.4 is 5.32 Å². The number of aryl methyl sites for hydroxylation is 1. The molecule has 0 amide bonds. The summed E-state index contributed by atoms with van der Waals surface area (Å²) in [5.74, 6) is 0. The molecule has 0 aliphatic rings. The van der Waals surface area contributed by atoms with E-state index in [9.17, 15) is 0 Å². The number of nitrogens with zero attached hydrogens (tertiary/aromatic N) is 1. The summed E-state index contributed by atoms with van der Waals surface area (Å²) in [7, 11) is 2.07. The van der Waals surface area contributed by atoms with Gasteiger partial charge in [-0.3, -0.25) is 0 Å². The zero-order valence-electron chi connectivity index (χ0n) is 14.3. The van der Waals surface area contributed by atoms with Crippen molar-refractivity contribution in [3.05, 3.63) is 16.1 Å². The molecule has 122 valence electrons. The van der Waals surface area contributed by atoms with Crippen LogP contribution in [0.2, 0.25) is 0 Å². The Morgan fingerprint density at radius 3 is 2.05 bits per heavy atom. The van der Waals surface area contributed by atoms with Crippen molar-refractivity contribution in [1.82, 2.24) is 10.3 Å². The van der Waals surface area contributed by atoms with Gasteiger partial charge in [0.05, 0.1) is 5.01 Å². The smallest absolute Gasteiger partial charge is 0.0897 e. The van der Waals surface area contributed by atoms with Crippen LogP contribution >= 0.6 is 11.3 Å². The minimum atomic E-state index is 0.505. The van der Waals surface area contributed by atoms with Gasteiger partial charge in [0, 0.05) is 17.1 Å². The Balaban J connectivity index is 1.98. The largest absolute Gasteiger partial charge is 0.312 e. The number of hydrogen-bond donors (Lipinski definition) is 1. The van der Waals surface area contributed by atoms with E-state index in [0.29, 0.717) is 6.04 Å². The molecule has 21 heavy (non-hydrogen) atoms. The number of aromatic nitrogens is 1. The van der Waals surface area contributed by atoms with Crippen molar-refractivity contribution in [1.29, 1.82) is 0 Å². The zero-order valence-corrected chi connectivity index (χ0v) is 15.1. The maximum absolute atomic E-state index is 4.36. The first kappa shape index (κ1) is 18.6. The van der Waals surface area contributed by atoms with Crippen LogP contribution in [0.1, 0.15) is 93.5 Å². The normalized spacial score (nSPS) is 12.7. The lowest BCUT2D eigenvalue weighted by Gasteiger charge is -2.13. The molecule has 0 radical (unpaired) electrons. The molecule has 2 nitrogen and oxygen atoms in total. The number of unbranched alkanes of at least 4 members (excludes halogenated alkanes) is 9. The Bertz CT molecular complexity index is 349. The van der Waals surface area contributed by atoms with Gasteiger partial charge in [-0.25, -0.2) is 4.98 Å². The summed E-state index contributed by atoms with van der Waals surface area (Å²) in [5.41, 5.74) is 0. The molecule has 0 spiro atoms. The Kier molecular flexibility index (Phi) is 10.8. The molecule has 1 aromatic rings. The van der Waals surface area contributed by atoms with Crippen LogP contribution in [0.5, 0.6) is 0 Å². The van der Waals surface area contributed by atoms with Gasteiger partial charge in [0.25, 0.3) is 0 Å². The Morgan fingerprint density at radius 1 is 1.00 bits per heavy atom. The lowest BCUT2D eigenvalue weighted by molar-refractivity contribution is 0.497. The molecule has 1 N–H and O–H groups in total. The average Bonchev–Trinajstić information content (AvgIpc) is 2.91. The predicted octanol–water partition coefficient (Wildman–Crippen LogP) is 6.02. The van der Waals surface area contributed by atoms with Gasteiger partial charge >= 0.3 is 0 Å². The van der Waals surface area contributed by atoms with Crippen molar-refractivity contribution in [3.63, 3.8) is 0 Å². The van der Waals surface area contributed by atoms with Crippen LogP contribution in [0.4, 0.5) is 0 Å². The zero-order chi connectivity index (χ0) is 15.3. The quantitative estimate of drug-likeness (QED) is 0.450. The lowest BCUT2D eigenvalue weighted by atomic mass is 10.0. The van der Waals surface area contributed by atoms with E-state index in [0.717, 1.165) is 0 Å². The van der Waals surface area contributed by atoms with E-state index in [-0.39, 0.29) is 0 Å². The van der Waals surface area contributed by atoms with Crippen LogP contribution in [-0.2, 0) is 0 Å². The van der Waals surface area contributed by atoms with Crippen molar-refractivity contribution in [2.45, 2.75) is 90.5 Å². The van der Waals surface area contributed by atoms with Crippen molar-refractivity contribution in [3.8, 4) is 0 Å². The molecule has 0 aliphatic carbocycles. The molecule has 0 aliphatic heterocycles. The van der Waals surface area contributed by atoms with E-state index in [1.807, 2.05) is 17.5 Å². The minimum absolute atomic E-state index is 0.505. The van der Waals surface area contributed by atoms with Crippen LogP contribution in [0.3, 0.4) is 0 Å². The Hall–Kier alpha value is -0.410. The third kappa shape index (κ3) is 8.57. The molecule has 0 fully saturated rings. The average molecular weight is 311 g/mol. The second-order valence-electron chi connectivity index (χ2n) is 6.09. The second kappa shape index (κ2) is 12.2. The molecular weight excluding hydrogens is 276 g/mol. The van der Waals surface area contributed by atoms with Crippen LogP contribution in [-0.4, -0.2) is 12.0 Å². The summed E-state index contributed by atoms with van der Waals surface area (Å²) in [5, 5.41) is 4.61. The van der Waals surface area contributed by atoms with Gasteiger partial charge in [-0.2, -0.15) is 0 Å². The first-order chi connectivity index (χ1) is 10.3. The molecule has 3 heteroatoms. The fourth-order valence-corrected chi connectivity index (χ4v) is 3.73. The molecule has 1 aromatic heterocycles. The number of hydrogen-bond acceptors (Lipinski definition) is 3. The van der Waals surface area contributed by atoms with Crippen LogP contribution in [0.15, 0.2) is 6.20 Å². The van der Waals surface area contributed by atoms with Crippen molar-refractivity contribution in [2.24, 2.45) is 0 Å². The Labute approximate surface area is 135 Å². The highest BCUT2D eigenvalue weighted by Gasteiger charge is 2.11. The SMILES string of the molecule is CCCCCCCCCCCCC(NC)c1cnc(C)s1. The molecule has 0 saturated carbocycles. The Morgan fingerprint density at radius 2 is 1.57 bits per heavy atom. The standard InChI is InChI=1S/C18H34N2S/c1-4-5-6-7-8-9-10-11-12-13-14-17(19-3)18-15-20-16(2)21-18/h15,17,19H,4-14H2,1-3H3. The fourth-order valence-electron chi connectivity index (χ4n) is 2.80. The highest BCUT2D eigenvalue weighted by molar-refractivity contribution is 7.11. The van der Waals surface area contributed by atoms with E-state index in [4.69, 9.17) is 0 Å². The fraction of sp³-hybridized carbons (Fsp3) is 0.833. The topological polar surface area (TPSA) is 24.9 Å². The van der Waals surface area contributed by atoms with E-state index >= 15 is 0 Å². The molecule has 1 rings (SSSR count). The minimum Gasteiger partial charge on any atom is -0.312 e. The third-order valence-corrected chi connectivity index (χ3v) is 5.20. The first-order valence-electron chi connectivity index (χ1n) is 8.87. The summed E-state index contributed by atoms with van der Waals surface area (Å²) >= 11 is 1.83. The molecule has 1 unspecified atom stereocenters.